The summed E-state index contributed by atoms with van der Waals surface area (Å²) in [5.74, 6) is -0.0420. The lowest BCUT2D eigenvalue weighted by atomic mass is 10.3. The van der Waals surface area contributed by atoms with Gasteiger partial charge >= 0.3 is 5.97 Å². The van der Waals surface area contributed by atoms with Gasteiger partial charge in [-0.15, -0.1) is 0 Å². The third-order valence-electron chi connectivity index (χ3n) is 1.77. The summed E-state index contributed by atoms with van der Waals surface area (Å²) in [7, 11) is 3.25. The van der Waals surface area contributed by atoms with Gasteiger partial charge in [-0.05, 0) is 14.0 Å². The van der Waals surface area contributed by atoms with Crippen LogP contribution < -0.4 is 0 Å². The van der Waals surface area contributed by atoms with Crippen LogP contribution in [-0.4, -0.2) is 43.9 Å². The number of nitrogens with zero attached hydrogens (tertiary/aromatic N) is 1. The van der Waals surface area contributed by atoms with E-state index in [0.29, 0.717) is 25.9 Å². The quantitative estimate of drug-likeness (QED) is 0.567. The van der Waals surface area contributed by atoms with Crippen molar-refractivity contribution in [1.82, 2.24) is 4.90 Å². The van der Waals surface area contributed by atoms with E-state index in [2.05, 4.69) is 4.74 Å². The van der Waals surface area contributed by atoms with E-state index in [1.54, 1.807) is 6.92 Å². The second-order valence-corrected chi connectivity index (χ2v) is 3.08. The van der Waals surface area contributed by atoms with E-state index in [0.717, 1.165) is 0 Å². The highest BCUT2D eigenvalue weighted by atomic mass is 16.5. The number of carbonyl (C=O) groups is 2. The van der Waals surface area contributed by atoms with Crippen LogP contribution in [0, 0.1) is 0 Å². The summed E-state index contributed by atoms with van der Waals surface area (Å²) in [6.45, 7) is 2.90. The largest absolute Gasteiger partial charge is 0.469 e. The summed E-state index contributed by atoms with van der Waals surface area (Å²) in [6.07, 6.45) is 0.919. The predicted octanol–water partition coefficient (Wildman–Crippen LogP) is 0.460. The number of methoxy groups -OCH3 is 1. The monoisotopic (exact) mass is 187 g/mol. The first-order valence-corrected chi connectivity index (χ1v) is 4.31. The van der Waals surface area contributed by atoms with Crippen molar-refractivity contribution in [2.24, 2.45) is 0 Å². The average Bonchev–Trinajstić information content (AvgIpc) is 2.10. The Hall–Kier alpha value is -0.900. The predicted molar refractivity (Wildman–Crippen MR) is 49.4 cm³/mol. The van der Waals surface area contributed by atoms with Crippen LogP contribution in [0.5, 0.6) is 0 Å². The van der Waals surface area contributed by atoms with Crippen LogP contribution in [0.4, 0.5) is 0 Å². The van der Waals surface area contributed by atoms with E-state index in [4.69, 9.17) is 0 Å². The van der Waals surface area contributed by atoms with E-state index in [9.17, 15) is 9.59 Å². The standard InChI is InChI=1S/C9H17NO3/c1-8(11)4-6-10(2)7-5-9(12)13-3/h4-7H2,1-3H3. The molecule has 13 heavy (non-hydrogen) atoms. The topological polar surface area (TPSA) is 46.6 Å². The second-order valence-electron chi connectivity index (χ2n) is 3.08. The Kier molecular flexibility index (Phi) is 6.14. The molecule has 0 fully saturated rings. The van der Waals surface area contributed by atoms with E-state index >= 15 is 0 Å². The van der Waals surface area contributed by atoms with Crippen LogP contribution in [-0.2, 0) is 14.3 Å². The molecule has 0 aromatic heterocycles. The summed E-state index contributed by atoms with van der Waals surface area (Å²) in [5.41, 5.74) is 0. The van der Waals surface area contributed by atoms with Crippen LogP contribution in [0.3, 0.4) is 0 Å². The Labute approximate surface area is 78.9 Å². The van der Waals surface area contributed by atoms with Gasteiger partial charge in [0, 0.05) is 19.5 Å². The van der Waals surface area contributed by atoms with Gasteiger partial charge in [0.1, 0.15) is 5.78 Å². The van der Waals surface area contributed by atoms with Gasteiger partial charge in [-0.2, -0.15) is 0 Å². The zero-order valence-corrected chi connectivity index (χ0v) is 8.50. The molecule has 0 saturated carbocycles. The van der Waals surface area contributed by atoms with Gasteiger partial charge in [0.2, 0.25) is 0 Å². The van der Waals surface area contributed by atoms with Crippen molar-refractivity contribution in [3.05, 3.63) is 0 Å². The van der Waals surface area contributed by atoms with E-state index in [-0.39, 0.29) is 11.8 Å². The third-order valence-corrected chi connectivity index (χ3v) is 1.77. The van der Waals surface area contributed by atoms with Crippen LogP contribution in [0.1, 0.15) is 19.8 Å². The SMILES string of the molecule is COC(=O)CCN(C)CCC(C)=O. The molecule has 0 radical (unpaired) electrons. The first-order valence-electron chi connectivity index (χ1n) is 4.31. The number of rotatable bonds is 6. The van der Waals surface area contributed by atoms with Crippen molar-refractivity contribution in [3.63, 3.8) is 0 Å². The van der Waals surface area contributed by atoms with Crippen molar-refractivity contribution in [1.29, 1.82) is 0 Å². The summed E-state index contributed by atoms with van der Waals surface area (Å²) in [6, 6.07) is 0. The highest BCUT2D eigenvalue weighted by Gasteiger charge is 2.04. The van der Waals surface area contributed by atoms with Crippen molar-refractivity contribution in [2.75, 3.05) is 27.2 Å². The molecule has 4 nitrogen and oxygen atoms in total. The minimum atomic E-state index is -0.213. The van der Waals surface area contributed by atoms with E-state index in [1.807, 2.05) is 11.9 Å². The lowest BCUT2D eigenvalue weighted by molar-refractivity contribution is -0.140. The third kappa shape index (κ3) is 7.46. The van der Waals surface area contributed by atoms with Crippen molar-refractivity contribution in [2.45, 2.75) is 19.8 Å². The van der Waals surface area contributed by atoms with Gasteiger partial charge in [-0.1, -0.05) is 0 Å². The Morgan fingerprint density at radius 3 is 2.23 bits per heavy atom. The molecule has 0 aliphatic heterocycles. The zero-order valence-electron chi connectivity index (χ0n) is 8.50. The van der Waals surface area contributed by atoms with Crippen molar-refractivity contribution in [3.8, 4) is 0 Å². The molecule has 76 valence electrons. The van der Waals surface area contributed by atoms with Gasteiger partial charge in [-0.25, -0.2) is 0 Å². The molecule has 0 spiro atoms. The van der Waals surface area contributed by atoms with Crippen LogP contribution in [0.25, 0.3) is 0 Å². The zero-order chi connectivity index (χ0) is 10.3. The number of ether oxygens (including phenoxy) is 1. The summed E-state index contributed by atoms with van der Waals surface area (Å²) in [5, 5.41) is 0. The molecule has 0 unspecified atom stereocenters. The maximum absolute atomic E-state index is 10.7. The minimum Gasteiger partial charge on any atom is -0.469 e. The van der Waals surface area contributed by atoms with Crippen molar-refractivity contribution >= 4 is 11.8 Å². The number of hydrogen-bond acceptors (Lipinski definition) is 4. The number of hydrogen-bond donors (Lipinski definition) is 0. The normalized spacial score (nSPS) is 10.2. The molecule has 0 rings (SSSR count). The van der Waals surface area contributed by atoms with Crippen LogP contribution in [0.2, 0.25) is 0 Å². The molecule has 0 aromatic rings. The van der Waals surface area contributed by atoms with Gasteiger partial charge in [0.25, 0.3) is 0 Å². The molecular formula is C9H17NO3. The molecule has 0 atom stereocenters. The van der Waals surface area contributed by atoms with Gasteiger partial charge in [-0.3, -0.25) is 9.59 Å². The molecule has 0 amide bonds. The molecule has 0 aliphatic carbocycles. The Bertz CT molecular complexity index is 180. The lowest BCUT2D eigenvalue weighted by Crippen LogP contribution is -2.24. The highest BCUT2D eigenvalue weighted by Crippen LogP contribution is 1.92. The van der Waals surface area contributed by atoms with E-state index < -0.39 is 0 Å². The summed E-state index contributed by atoms with van der Waals surface area (Å²) < 4.78 is 4.49. The Morgan fingerprint density at radius 1 is 1.23 bits per heavy atom. The molecule has 0 N–H and O–H groups in total. The molecule has 0 saturated heterocycles. The number of carbonyl (C=O) groups excluding carboxylic acids is 2. The minimum absolute atomic E-state index is 0.171. The molecule has 0 heterocycles. The van der Waals surface area contributed by atoms with E-state index in [1.165, 1.54) is 7.11 Å². The highest BCUT2D eigenvalue weighted by molar-refractivity contribution is 5.75. The molecule has 0 aliphatic rings. The Morgan fingerprint density at radius 2 is 1.77 bits per heavy atom. The van der Waals surface area contributed by atoms with Gasteiger partial charge in [0.15, 0.2) is 0 Å². The molecular weight excluding hydrogens is 170 g/mol. The molecule has 0 aromatic carbocycles. The summed E-state index contributed by atoms with van der Waals surface area (Å²) in [4.78, 5) is 23.3. The lowest BCUT2D eigenvalue weighted by Gasteiger charge is -2.14. The smallest absolute Gasteiger partial charge is 0.306 e. The molecule has 4 heteroatoms. The summed E-state index contributed by atoms with van der Waals surface area (Å²) >= 11 is 0. The van der Waals surface area contributed by atoms with Crippen molar-refractivity contribution < 1.29 is 14.3 Å². The van der Waals surface area contributed by atoms with Gasteiger partial charge in [0.05, 0.1) is 13.5 Å². The first kappa shape index (κ1) is 12.1. The molecule has 0 bridgehead atoms. The second kappa shape index (κ2) is 6.60. The number of ketones is 1. The van der Waals surface area contributed by atoms with Crippen LogP contribution >= 0.6 is 0 Å². The average molecular weight is 187 g/mol. The number of esters is 1. The maximum Gasteiger partial charge on any atom is 0.306 e. The first-order chi connectivity index (χ1) is 6.06. The Balaban J connectivity index is 3.45. The fraction of sp³-hybridized carbons (Fsp3) is 0.778. The number of Topliss-reactive ketones (excluding diaryl/α,β-unsaturated/α-hetero) is 1. The van der Waals surface area contributed by atoms with Crippen LogP contribution in [0.15, 0.2) is 0 Å². The fourth-order valence-corrected chi connectivity index (χ4v) is 0.844. The fourth-order valence-electron chi connectivity index (χ4n) is 0.844. The van der Waals surface area contributed by atoms with Gasteiger partial charge < -0.3 is 9.64 Å². The maximum atomic E-state index is 10.7.